The zero-order chi connectivity index (χ0) is 13.0. The lowest BCUT2D eigenvalue weighted by Crippen LogP contribution is -2.13. The quantitative estimate of drug-likeness (QED) is 0.789. The lowest BCUT2D eigenvalue weighted by molar-refractivity contribution is 0.0992. The van der Waals surface area contributed by atoms with Crippen molar-refractivity contribution in [2.24, 2.45) is 5.92 Å². The van der Waals surface area contributed by atoms with Crippen LogP contribution in [0.15, 0.2) is 17.0 Å². The van der Waals surface area contributed by atoms with E-state index >= 15 is 0 Å². The van der Waals surface area contributed by atoms with Gasteiger partial charge in [0.25, 0.3) is 0 Å². The molecule has 0 amide bonds. The van der Waals surface area contributed by atoms with E-state index in [0.29, 0.717) is 9.92 Å². The maximum absolute atomic E-state index is 14.2. The minimum absolute atomic E-state index is 0.0408. The highest BCUT2D eigenvalue weighted by molar-refractivity contribution is 7.98. The number of rotatable bonds is 5. The topological polar surface area (TPSA) is 20.2 Å². The fourth-order valence-electron chi connectivity index (χ4n) is 1.95. The van der Waals surface area contributed by atoms with Gasteiger partial charge in [0.1, 0.15) is 5.82 Å². The van der Waals surface area contributed by atoms with Crippen molar-refractivity contribution < 1.29 is 9.50 Å². The first-order chi connectivity index (χ1) is 8.06. The molecular formula is C13H18ClFOS. The van der Waals surface area contributed by atoms with Crippen LogP contribution in [0.25, 0.3) is 0 Å². The lowest BCUT2D eigenvalue weighted by atomic mass is 9.91. The van der Waals surface area contributed by atoms with Gasteiger partial charge in [0.15, 0.2) is 0 Å². The van der Waals surface area contributed by atoms with Gasteiger partial charge in [0.2, 0.25) is 0 Å². The molecule has 1 unspecified atom stereocenters. The van der Waals surface area contributed by atoms with Crippen LogP contribution in [0.3, 0.4) is 0 Å². The first kappa shape index (κ1) is 14.8. The molecule has 0 aliphatic heterocycles. The second-order valence-corrected chi connectivity index (χ2v) is 5.25. The van der Waals surface area contributed by atoms with E-state index in [-0.39, 0.29) is 17.3 Å². The highest BCUT2D eigenvalue weighted by Gasteiger charge is 2.24. The molecule has 0 saturated heterocycles. The van der Waals surface area contributed by atoms with E-state index < -0.39 is 6.10 Å². The summed E-state index contributed by atoms with van der Waals surface area (Å²) >= 11 is 7.32. The Kier molecular flexibility index (Phi) is 5.77. The number of benzene rings is 1. The van der Waals surface area contributed by atoms with Crippen molar-refractivity contribution in [1.82, 2.24) is 0 Å². The lowest BCUT2D eigenvalue weighted by Gasteiger charge is -2.22. The van der Waals surface area contributed by atoms with Crippen molar-refractivity contribution in [3.05, 3.63) is 28.5 Å². The Hall–Kier alpha value is -0.250. The molecule has 1 nitrogen and oxygen atoms in total. The van der Waals surface area contributed by atoms with Gasteiger partial charge in [-0.25, -0.2) is 4.39 Å². The van der Waals surface area contributed by atoms with Gasteiger partial charge in [-0.1, -0.05) is 38.3 Å². The van der Waals surface area contributed by atoms with Crippen molar-refractivity contribution in [2.45, 2.75) is 37.7 Å². The highest BCUT2D eigenvalue weighted by Crippen LogP contribution is 2.36. The monoisotopic (exact) mass is 276 g/mol. The smallest absolute Gasteiger partial charge is 0.144 e. The normalized spacial score (nSPS) is 13.1. The molecule has 17 heavy (non-hydrogen) atoms. The molecule has 0 spiro atoms. The Morgan fingerprint density at radius 2 is 1.94 bits per heavy atom. The maximum atomic E-state index is 14.2. The molecule has 0 bridgehead atoms. The summed E-state index contributed by atoms with van der Waals surface area (Å²) in [6.45, 7) is 3.98. The predicted molar refractivity (Wildman–Crippen MR) is 72.2 cm³/mol. The SMILES string of the molecule is CCC(CC)C(O)c1c(Cl)ccc(SC)c1F. The van der Waals surface area contributed by atoms with E-state index in [1.54, 1.807) is 18.4 Å². The first-order valence-electron chi connectivity index (χ1n) is 5.76. The van der Waals surface area contributed by atoms with E-state index in [1.807, 2.05) is 13.8 Å². The number of thioether (sulfide) groups is 1. The van der Waals surface area contributed by atoms with Crippen LogP contribution in [0.4, 0.5) is 4.39 Å². The van der Waals surface area contributed by atoms with Gasteiger partial charge in [0.05, 0.1) is 6.10 Å². The molecule has 1 aromatic rings. The molecule has 4 heteroatoms. The minimum atomic E-state index is -0.829. The Morgan fingerprint density at radius 1 is 1.35 bits per heavy atom. The third-order valence-corrected chi connectivity index (χ3v) is 4.19. The number of hydrogen-bond acceptors (Lipinski definition) is 2. The van der Waals surface area contributed by atoms with Gasteiger partial charge in [-0.3, -0.25) is 0 Å². The molecule has 0 radical (unpaired) electrons. The molecule has 1 N–H and O–H groups in total. The zero-order valence-electron chi connectivity index (χ0n) is 10.3. The van der Waals surface area contributed by atoms with Crippen molar-refractivity contribution in [3.8, 4) is 0 Å². The second-order valence-electron chi connectivity index (χ2n) is 4.00. The molecule has 0 aliphatic carbocycles. The van der Waals surface area contributed by atoms with Crippen molar-refractivity contribution >= 4 is 23.4 Å². The summed E-state index contributed by atoms with van der Waals surface area (Å²) in [4.78, 5) is 0.523. The van der Waals surface area contributed by atoms with Crippen molar-refractivity contribution in [3.63, 3.8) is 0 Å². The van der Waals surface area contributed by atoms with Crippen molar-refractivity contribution in [1.29, 1.82) is 0 Å². The molecule has 0 heterocycles. The second kappa shape index (κ2) is 6.62. The molecule has 96 valence electrons. The third-order valence-electron chi connectivity index (χ3n) is 3.10. The minimum Gasteiger partial charge on any atom is -0.388 e. The maximum Gasteiger partial charge on any atom is 0.144 e. The van der Waals surface area contributed by atoms with E-state index in [4.69, 9.17) is 11.6 Å². The fourth-order valence-corrected chi connectivity index (χ4v) is 2.70. The summed E-state index contributed by atoms with van der Waals surface area (Å²) in [5.74, 6) is -0.344. The van der Waals surface area contributed by atoms with Crippen LogP contribution in [0.2, 0.25) is 5.02 Å². The Bertz CT molecular complexity index is 380. The van der Waals surface area contributed by atoms with Gasteiger partial charge in [-0.15, -0.1) is 11.8 Å². The van der Waals surface area contributed by atoms with Gasteiger partial charge >= 0.3 is 0 Å². The van der Waals surface area contributed by atoms with E-state index in [1.165, 1.54) is 11.8 Å². The highest BCUT2D eigenvalue weighted by atomic mass is 35.5. The van der Waals surface area contributed by atoms with Crippen molar-refractivity contribution in [2.75, 3.05) is 6.26 Å². The molecule has 0 fully saturated rings. The molecule has 1 atom stereocenters. The van der Waals surface area contributed by atoms with E-state index in [0.717, 1.165) is 12.8 Å². The van der Waals surface area contributed by atoms with Crippen LogP contribution in [0, 0.1) is 11.7 Å². The van der Waals surface area contributed by atoms with Crippen LogP contribution in [0.5, 0.6) is 0 Å². The number of aliphatic hydroxyl groups excluding tert-OH is 1. The average molecular weight is 277 g/mol. The molecule has 0 aliphatic rings. The summed E-state index contributed by atoms with van der Waals surface area (Å²) in [7, 11) is 0. The summed E-state index contributed by atoms with van der Waals surface area (Å²) < 4.78 is 14.2. The first-order valence-corrected chi connectivity index (χ1v) is 7.36. The van der Waals surface area contributed by atoms with Gasteiger partial charge in [-0.05, 0) is 24.3 Å². The van der Waals surface area contributed by atoms with Crippen LogP contribution >= 0.6 is 23.4 Å². The molecule has 1 aromatic carbocycles. The van der Waals surface area contributed by atoms with Crippen LogP contribution in [-0.2, 0) is 0 Å². The number of aliphatic hydroxyl groups is 1. The molecule has 0 saturated carbocycles. The molecule has 0 aromatic heterocycles. The number of halogens is 2. The number of hydrogen-bond donors (Lipinski definition) is 1. The summed E-state index contributed by atoms with van der Waals surface area (Å²) in [5.41, 5.74) is 0.243. The summed E-state index contributed by atoms with van der Waals surface area (Å²) in [6, 6.07) is 3.29. The predicted octanol–water partition coefficient (Wildman–Crippen LogP) is 4.67. The van der Waals surface area contributed by atoms with E-state index in [2.05, 4.69) is 0 Å². The van der Waals surface area contributed by atoms with E-state index in [9.17, 15) is 9.50 Å². The van der Waals surface area contributed by atoms with Gasteiger partial charge in [0, 0.05) is 15.5 Å². The molecular weight excluding hydrogens is 259 g/mol. The fraction of sp³-hybridized carbons (Fsp3) is 0.538. The summed E-state index contributed by atoms with van der Waals surface area (Å²) in [5, 5.41) is 10.5. The van der Waals surface area contributed by atoms with Crippen LogP contribution in [-0.4, -0.2) is 11.4 Å². The largest absolute Gasteiger partial charge is 0.388 e. The van der Waals surface area contributed by atoms with Crippen LogP contribution < -0.4 is 0 Å². The standard InChI is InChI=1S/C13H18ClFOS/c1-4-8(5-2)13(16)11-9(14)6-7-10(17-3)12(11)15/h6-8,13,16H,4-5H2,1-3H3. The van der Waals surface area contributed by atoms with Gasteiger partial charge < -0.3 is 5.11 Å². The van der Waals surface area contributed by atoms with Gasteiger partial charge in [-0.2, -0.15) is 0 Å². The third kappa shape index (κ3) is 3.15. The molecule has 1 rings (SSSR count). The Balaban J connectivity index is 3.19. The summed E-state index contributed by atoms with van der Waals surface area (Å²) in [6.07, 6.45) is 2.58. The Labute approximate surface area is 111 Å². The average Bonchev–Trinajstić information content (AvgIpc) is 2.31. The zero-order valence-corrected chi connectivity index (χ0v) is 11.9. The van der Waals surface area contributed by atoms with Crippen LogP contribution in [0.1, 0.15) is 38.4 Å². The Morgan fingerprint density at radius 3 is 2.41 bits per heavy atom.